The molecule has 1 fully saturated rings. The van der Waals surface area contributed by atoms with Crippen LogP contribution in [0.25, 0.3) is 0 Å². The van der Waals surface area contributed by atoms with E-state index in [1.54, 1.807) is 0 Å². The average Bonchev–Trinajstić information content (AvgIpc) is 2.93. The van der Waals surface area contributed by atoms with E-state index in [1.165, 1.54) is 17.2 Å². The van der Waals surface area contributed by atoms with Gasteiger partial charge in [-0.1, -0.05) is 19.1 Å². The van der Waals surface area contributed by atoms with Crippen molar-refractivity contribution in [2.45, 2.75) is 111 Å². The van der Waals surface area contributed by atoms with Crippen LogP contribution in [0.3, 0.4) is 0 Å². The highest BCUT2D eigenvalue weighted by atomic mass is 16.6. The maximum atomic E-state index is 12.2. The van der Waals surface area contributed by atoms with E-state index in [1.807, 2.05) is 26.8 Å². The largest absolute Gasteiger partial charge is 0.457 e. The summed E-state index contributed by atoms with van der Waals surface area (Å²) in [6, 6.07) is 0. The number of carbonyl (C=O) groups is 2. The van der Waals surface area contributed by atoms with Gasteiger partial charge in [0.2, 0.25) is 0 Å². The predicted octanol–water partition coefficient (Wildman–Crippen LogP) is 6.25. The zero-order chi connectivity index (χ0) is 23.0. The second-order valence-corrected chi connectivity index (χ2v) is 11.7. The van der Waals surface area contributed by atoms with Crippen LogP contribution in [0.1, 0.15) is 93.4 Å². The van der Waals surface area contributed by atoms with Gasteiger partial charge in [0.05, 0.1) is 11.7 Å². The number of hydrogen-bond acceptors (Lipinski definition) is 4. The van der Waals surface area contributed by atoms with Crippen LogP contribution in [0.5, 0.6) is 0 Å². The SMILES string of the molecule is CC(C)(C)OC(=O)/C=C/C1=C(C2=C[C@@H]3CC[C@H](OC(C)(C)C)[C@@]3(C)CC2)CCC(=O)C1. The molecule has 0 aromatic rings. The van der Waals surface area contributed by atoms with Gasteiger partial charge in [-0.25, -0.2) is 4.79 Å². The van der Waals surface area contributed by atoms with E-state index in [9.17, 15) is 9.59 Å². The molecule has 0 unspecified atom stereocenters. The van der Waals surface area contributed by atoms with Crippen molar-refractivity contribution < 1.29 is 19.1 Å². The van der Waals surface area contributed by atoms with Gasteiger partial charge in [-0.2, -0.15) is 0 Å². The standard InChI is InChI=1S/C27H40O4/c1-25(2,3)30-23-12-9-20-16-19(14-15-27(20,23)7)22-11-10-21(28)17-18(22)8-13-24(29)31-26(4,5)6/h8,13,16,20,23H,9-12,14-15,17H2,1-7H3/b13-8+/t20-,23-,27-/m0/s1. The molecule has 0 saturated heterocycles. The number of rotatable bonds is 4. The van der Waals surface area contributed by atoms with Gasteiger partial charge in [-0.15, -0.1) is 0 Å². The van der Waals surface area contributed by atoms with Crippen LogP contribution in [0, 0.1) is 11.3 Å². The van der Waals surface area contributed by atoms with Crippen LogP contribution in [-0.4, -0.2) is 29.1 Å². The molecule has 3 rings (SSSR count). The molecule has 0 aromatic heterocycles. The molecule has 0 N–H and O–H groups in total. The first-order valence-electron chi connectivity index (χ1n) is 11.8. The van der Waals surface area contributed by atoms with E-state index < -0.39 is 5.60 Å². The van der Waals surface area contributed by atoms with Gasteiger partial charge in [0, 0.05) is 24.3 Å². The Morgan fingerprint density at radius 3 is 2.42 bits per heavy atom. The van der Waals surface area contributed by atoms with Crippen molar-refractivity contribution in [3.05, 3.63) is 34.9 Å². The summed E-state index contributed by atoms with van der Waals surface area (Å²) in [5.74, 6) is 0.388. The third-order valence-corrected chi connectivity index (χ3v) is 6.80. The van der Waals surface area contributed by atoms with Crippen molar-refractivity contribution in [1.82, 2.24) is 0 Å². The molecule has 1 saturated carbocycles. The lowest BCUT2D eigenvalue weighted by Gasteiger charge is -2.42. The van der Waals surface area contributed by atoms with E-state index in [-0.39, 0.29) is 22.8 Å². The number of ketones is 1. The van der Waals surface area contributed by atoms with Gasteiger partial charge in [-0.3, -0.25) is 4.79 Å². The Labute approximate surface area is 188 Å². The van der Waals surface area contributed by atoms with E-state index >= 15 is 0 Å². The summed E-state index contributed by atoms with van der Waals surface area (Å²) in [5.41, 5.74) is 3.15. The van der Waals surface area contributed by atoms with Crippen molar-refractivity contribution in [2.75, 3.05) is 0 Å². The Morgan fingerprint density at radius 1 is 1.06 bits per heavy atom. The lowest BCUT2D eigenvalue weighted by molar-refractivity contribution is -0.148. The van der Waals surface area contributed by atoms with Gasteiger partial charge in [0.1, 0.15) is 11.4 Å². The quantitative estimate of drug-likeness (QED) is 0.392. The molecule has 4 heteroatoms. The topological polar surface area (TPSA) is 52.6 Å². The number of esters is 1. The molecule has 0 radical (unpaired) electrons. The highest BCUT2D eigenvalue weighted by Gasteiger charge is 2.49. The fraction of sp³-hybridized carbons (Fsp3) is 0.704. The maximum Gasteiger partial charge on any atom is 0.331 e. The fourth-order valence-corrected chi connectivity index (χ4v) is 5.31. The second-order valence-electron chi connectivity index (χ2n) is 11.7. The van der Waals surface area contributed by atoms with Gasteiger partial charge in [-0.05, 0) is 96.3 Å². The van der Waals surface area contributed by atoms with E-state index in [0.717, 1.165) is 37.7 Å². The molecule has 0 heterocycles. The second kappa shape index (κ2) is 8.69. The molecule has 0 aliphatic heterocycles. The fourth-order valence-electron chi connectivity index (χ4n) is 5.31. The highest BCUT2D eigenvalue weighted by molar-refractivity contribution is 5.86. The number of hydrogen-bond donors (Lipinski definition) is 0. The molecular weight excluding hydrogens is 388 g/mol. The monoisotopic (exact) mass is 428 g/mol. The van der Waals surface area contributed by atoms with Crippen LogP contribution < -0.4 is 0 Å². The summed E-state index contributed by atoms with van der Waals surface area (Å²) in [6.07, 6.45) is 12.2. The van der Waals surface area contributed by atoms with E-state index in [0.29, 0.717) is 24.9 Å². The predicted molar refractivity (Wildman–Crippen MR) is 124 cm³/mol. The number of allylic oxidation sites excluding steroid dienone is 5. The van der Waals surface area contributed by atoms with Gasteiger partial charge >= 0.3 is 5.97 Å². The third kappa shape index (κ3) is 5.97. The first-order chi connectivity index (χ1) is 14.3. The third-order valence-electron chi connectivity index (χ3n) is 6.80. The van der Waals surface area contributed by atoms with Crippen LogP contribution in [-0.2, 0) is 19.1 Å². The number of ether oxygens (including phenoxy) is 2. The molecule has 31 heavy (non-hydrogen) atoms. The van der Waals surface area contributed by atoms with Crippen molar-refractivity contribution in [1.29, 1.82) is 0 Å². The van der Waals surface area contributed by atoms with Crippen molar-refractivity contribution in [2.24, 2.45) is 11.3 Å². The first kappa shape index (κ1) is 24.0. The smallest absolute Gasteiger partial charge is 0.331 e. The zero-order valence-corrected chi connectivity index (χ0v) is 20.5. The van der Waals surface area contributed by atoms with Crippen LogP contribution >= 0.6 is 0 Å². The van der Waals surface area contributed by atoms with Gasteiger partial charge in [0.25, 0.3) is 0 Å². The number of Topliss-reactive ketones (excluding diaryl/α,β-unsaturated/α-hetero) is 1. The summed E-state index contributed by atoms with van der Waals surface area (Å²) in [7, 11) is 0. The van der Waals surface area contributed by atoms with Crippen molar-refractivity contribution in [3.63, 3.8) is 0 Å². The van der Waals surface area contributed by atoms with Crippen molar-refractivity contribution in [3.8, 4) is 0 Å². The molecule has 4 nitrogen and oxygen atoms in total. The molecular formula is C27H40O4. The van der Waals surface area contributed by atoms with E-state index in [2.05, 4.69) is 33.8 Å². The normalized spacial score (nSPS) is 29.9. The molecule has 0 bridgehead atoms. The van der Waals surface area contributed by atoms with Crippen LogP contribution in [0.15, 0.2) is 34.9 Å². The number of fused-ring (bicyclic) bond motifs is 1. The van der Waals surface area contributed by atoms with Crippen molar-refractivity contribution >= 4 is 11.8 Å². The average molecular weight is 429 g/mol. The highest BCUT2D eigenvalue weighted by Crippen LogP contribution is 2.54. The molecule has 0 amide bonds. The Kier molecular flexibility index (Phi) is 6.72. The summed E-state index contributed by atoms with van der Waals surface area (Å²) >= 11 is 0. The minimum Gasteiger partial charge on any atom is -0.457 e. The minimum atomic E-state index is -0.522. The molecule has 0 aromatic carbocycles. The Hall–Kier alpha value is -1.68. The maximum absolute atomic E-state index is 12.2. The molecule has 3 aliphatic rings. The Morgan fingerprint density at radius 2 is 1.77 bits per heavy atom. The lowest BCUT2D eigenvalue weighted by atomic mass is 9.67. The summed E-state index contributed by atoms with van der Waals surface area (Å²) in [6.45, 7) is 14.4. The Bertz CT molecular complexity index is 815. The molecule has 3 atom stereocenters. The van der Waals surface area contributed by atoms with Crippen LogP contribution in [0.4, 0.5) is 0 Å². The van der Waals surface area contributed by atoms with E-state index in [4.69, 9.17) is 9.47 Å². The Balaban J connectivity index is 1.83. The molecule has 3 aliphatic carbocycles. The molecule has 172 valence electrons. The molecule has 0 spiro atoms. The lowest BCUT2D eigenvalue weighted by Crippen LogP contribution is -2.40. The number of carbonyl (C=O) groups excluding carboxylic acids is 2. The summed E-state index contributed by atoms with van der Waals surface area (Å²) in [4.78, 5) is 24.3. The minimum absolute atomic E-state index is 0.127. The van der Waals surface area contributed by atoms with Gasteiger partial charge in [0.15, 0.2) is 0 Å². The summed E-state index contributed by atoms with van der Waals surface area (Å²) in [5, 5.41) is 0. The zero-order valence-electron chi connectivity index (χ0n) is 20.5. The summed E-state index contributed by atoms with van der Waals surface area (Å²) < 4.78 is 11.8. The first-order valence-corrected chi connectivity index (χ1v) is 11.8. The van der Waals surface area contributed by atoms with Crippen LogP contribution in [0.2, 0.25) is 0 Å². The van der Waals surface area contributed by atoms with Gasteiger partial charge < -0.3 is 9.47 Å².